The summed E-state index contributed by atoms with van der Waals surface area (Å²) in [5.74, 6) is 0. The lowest BCUT2D eigenvalue weighted by Crippen LogP contribution is -2.47. The van der Waals surface area contributed by atoms with Crippen LogP contribution in [0.1, 0.15) is 59.3 Å². The number of unbranched alkanes of at least 4 members (excludes halogenated alkanes) is 3. The molecule has 2 atom stereocenters. The second-order valence-electron chi connectivity index (χ2n) is 5.22. The van der Waals surface area contributed by atoms with E-state index in [2.05, 4.69) is 31.0 Å². The quantitative estimate of drug-likeness (QED) is 0.671. The van der Waals surface area contributed by atoms with Crippen LogP contribution in [0.4, 0.5) is 0 Å². The van der Waals surface area contributed by atoms with Crippen molar-refractivity contribution in [3.05, 3.63) is 0 Å². The van der Waals surface area contributed by atoms with Crippen molar-refractivity contribution in [1.29, 1.82) is 0 Å². The van der Waals surface area contributed by atoms with Gasteiger partial charge in [-0.2, -0.15) is 0 Å². The molecule has 1 saturated heterocycles. The highest BCUT2D eigenvalue weighted by Crippen LogP contribution is 2.18. The lowest BCUT2D eigenvalue weighted by atomic mass is 9.98. The topological polar surface area (TPSA) is 15.3 Å². The van der Waals surface area contributed by atoms with Crippen LogP contribution < -0.4 is 5.32 Å². The Balaban J connectivity index is 2.15. The van der Waals surface area contributed by atoms with Crippen molar-refractivity contribution >= 4 is 0 Å². The van der Waals surface area contributed by atoms with Gasteiger partial charge in [-0.05, 0) is 45.8 Å². The molecule has 96 valence electrons. The van der Waals surface area contributed by atoms with E-state index < -0.39 is 0 Å². The summed E-state index contributed by atoms with van der Waals surface area (Å²) in [7, 11) is 0. The van der Waals surface area contributed by atoms with Crippen molar-refractivity contribution < 1.29 is 0 Å². The maximum absolute atomic E-state index is 3.59. The van der Waals surface area contributed by atoms with E-state index in [1.54, 1.807) is 0 Å². The molecular formula is C14H30N2. The van der Waals surface area contributed by atoms with E-state index in [0.717, 1.165) is 18.6 Å². The van der Waals surface area contributed by atoms with Gasteiger partial charge in [-0.1, -0.05) is 33.1 Å². The van der Waals surface area contributed by atoms with Gasteiger partial charge in [0.05, 0.1) is 0 Å². The predicted molar refractivity (Wildman–Crippen MR) is 71.9 cm³/mol. The van der Waals surface area contributed by atoms with E-state index >= 15 is 0 Å². The lowest BCUT2D eigenvalue weighted by Gasteiger charge is -2.38. The average molecular weight is 226 g/mol. The normalized spacial score (nSPS) is 27.2. The molecular weight excluding hydrogens is 196 g/mol. The number of rotatable bonds is 7. The Morgan fingerprint density at radius 1 is 1.19 bits per heavy atom. The number of hydrogen-bond acceptors (Lipinski definition) is 2. The molecule has 1 aliphatic heterocycles. The molecule has 1 heterocycles. The zero-order chi connectivity index (χ0) is 11.8. The molecule has 0 amide bonds. The van der Waals surface area contributed by atoms with E-state index in [0.29, 0.717) is 0 Å². The molecule has 0 aromatic carbocycles. The van der Waals surface area contributed by atoms with E-state index in [9.17, 15) is 0 Å². The van der Waals surface area contributed by atoms with Crippen LogP contribution in [0.3, 0.4) is 0 Å². The molecule has 2 nitrogen and oxygen atoms in total. The number of hydrogen-bond donors (Lipinski definition) is 1. The number of nitrogens with zero attached hydrogens (tertiary/aromatic N) is 1. The molecule has 0 aliphatic carbocycles. The Labute approximate surface area is 102 Å². The molecule has 1 aliphatic rings. The smallest absolute Gasteiger partial charge is 0.00939 e. The summed E-state index contributed by atoms with van der Waals surface area (Å²) in [4.78, 5) is 2.68. The molecule has 16 heavy (non-hydrogen) atoms. The summed E-state index contributed by atoms with van der Waals surface area (Å²) < 4.78 is 0. The van der Waals surface area contributed by atoms with Gasteiger partial charge in [0.15, 0.2) is 0 Å². The van der Waals surface area contributed by atoms with Gasteiger partial charge in [0.25, 0.3) is 0 Å². The van der Waals surface area contributed by atoms with E-state index in [1.807, 2.05) is 0 Å². The Morgan fingerprint density at radius 2 is 2.00 bits per heavy atom. The zero-order valence-electron chi connectivity index (χ0n) is 11.5. The standard InChI is InChI=1S/C14H30N2/c1-4-6-7-8-10-16-11-9-14(15-5-2)12-13(16)3/h13-15H,4-12H2,1-3H3. The van der Waals surface area contributed by atoms with Crippen LogP contribution in [0, 0.1) is 0 Å². The second kappa shape index (κ2) is 8.08. The third-order valence-corrected chi connectivity index (χ3v) is 3.81. The maximum Gasteiger partial charge on any atom is 0.00939 e. The molecule has 2 unspecified atom stereocenters. The Bertz CT molecular complexity index is 168. The summed E-state index contributed by atoms with van der Waals surface area (Å²) in [6.07, 6.45) is 8.23. The first-order valence-corrected chi connectivity index (χ1v) is 7.25. The number of nitrogens with one attached hydrogen (secondary N) is 1. The Hall–Kier alpha value is -0.0800. The lowest BCUT2D eigenvalue weighted by molar-refractivity contribution is 0.134. The van der Waals surface area contributed by atoms with Crippen LogP contribution in [0.25, 0.3) is 0 Å². The summed E-state index contributed by atoms with van der Waals surface area (Å²) in [6.45, 7) is 10.6. The largest absolute Gasteiger partial charge is 0.314 e. The maximum atomic E-state index is 3.59. The highest BCUT2D eigenvalue weighted by molar-refractivity contribution is 4.82. The molecule has 0 radical (unpaired) electrons. The summed E-state index contributed by atoms with van der Waals surface area (Å²) >= 11 is 0. The minimum absolute atomic E-state index is 0.770. The monoisotopic (exact) mass is 226 g/mol. The molecule has 1 N–H and O–H groups in total. The Morgan fingerprint density at radius 3 is 2.62 bits per heavy atom. The van der Waals surface area contributed by atoms with Crippen LogP contribution in [-0.2, 0) is 0 Å². The van der Waals surface area contributed by atoms with Gasteiger partial charge in [-0.3, -0.25) is 0 Å². The molecule has 0 spiro atoms. The number of likely N-dealkylation sites (tertiary alicyclic amines) is 1. The van der Waals surface area contributed by atoms with E-state index in [4.69, 9.17) is 0 Å². The van der Waals surface area contributed by atoms with E-state index in [-0.39, 0.29) is 0 Å². The second-order valence-corrected chi connectivity index (χ2v) is 5.22. The van der Waals surface area contributed by atoms with Crippen LogP contribution in [0.2, 0.25) is 0 Å². The highest BCUT2D eigenvalue weighted by atomic mass is 15.2. The first-order valence-electron chi connectivity index (χ1n) is 7.25. The van der Waals surface area contributed by atoms with Gasteiger partial charge in [0, 0.05) is 12.1 Å². The van der Waals surface area contributed by atoms with Crippen molar-refractivity contribution in [3.63, 3.8) is 0 Å². The highest BCUT2D eigenvalue weighted by Gasteiger charge is 2.23. The molecule has 1 fully saturated rings. The third kappa shape index (κ3) is 4.84. The first kappa shape index (κ1) is 14.0. The van der Waals surface area contributed by atoms with Gasteiger partial charge >= 0.3 is 0 Å². The molecule has 0 saturated carbocycles. The average Bonchev–Trinajstić information content (AvgIpc) is 2.27. The Kier molecular flexibility index (Phi) is 7.06. The van der Waals surface area contributed by atoms with Gasteiger partial charge in [0.1, 0.15) is 0 Å². The van der Waals surface area contributed by atoms with Crippen molar-refractivity contribution in [2.75, 3.05) is 19.6 Å². The molecule has 0 aromatic heterocycles. The van der Waals surface area contributed by atoms with E-state index in [1.165, 1.54) is 51.6 Å². The fourth-order valence-electron chi connectivity index (χ4n) is 2.77. The SMILES string of the molecule is CCCCCCN1CCC(NCC)CC1C. The van der Waals surface area contributed by atoms with Crippen LogP contribution in [0.5, 0.6) is 0 Å². The van der Waals surface area contributed by atoms with Gasteiger partial charge in [-0.25, -0.2) is 0 Å². The van der Waals surface area contributed by atoms with Crippen molar-refractivity contribution in [2.45, 2.75) is 71.4 Å². The predicted octanol–water partition coefficient (Wildman–Crippen LogP) is 3.03. The molecule has 1 rings (SSSR count). The number of piperidine rings is 1. The van der Waals surface area contributed by atoms with Crippen molar-refractivity contribution in [3.8, 4) is 0 Å². The van der Waals surface area contributed by atoms with Gasteiger partial charge in [-0.15, -0.1) is 0 Å². The van der Waals surface area contributed by atoms with Crippen LogP contribution >= 0.6 is 0 Å². The van der Waals surface area contributed by atoms with Crippen molar-refractivity contribution in [1.82, 2.24) is 10.2 Å². The third-order valence-electron chi connectivity index (χ3n) is 3.81. The minimum atomic E-state index is 0.770. The fourth-order valence-corrected chi connectivity index (χ4v) is 2.77. The molecule has 0 aromatic rings. The molecule has 0 bridgehead atoms. The first-order chi connectivity index (χ1) is 7.77. The summed E-state index contributed by atoms with van der Waals surface area (Å²) in [5, 5.41) is 3.59. The van der Waals surface area contributed by atoms with Crippen molar-refractivity contribution in [2.24, 2.45) is 0 Å². The molecule has 2 heteroatoms. The van der Waals surface area contributed by atoms with Crippen LogP contribution in [0.15, 0.2) is 0 Å². The van der Waals surface area contributed by atoms with Crippen LogP contribution in [-0.4, -0.2) is 36.6 Å². The van der Waals surface area contributed by atoms with Gasteiger partial charge < -0.3 is 10.2 Å². The zero-order valence-corrected chi connectivity index (χ0v) is 11.5. The van der Waals surface area contributed by atoms with Gasteiger partial charge in [0.2, 0.25) is 0 Å². The summed E-state index contributed by atoms with van der Waals surface area (Å²) in [5.41, 5.74) is 0. The summed E-state index contributed by atoms with van der Waals surface area (Å²) in [6, 6.07) is 1.55. The minimum Gasteiger partial charge on any atom is -0.314 e. The fraction of sp³-hybridized carbons (Fsp3) is 1.00.